The van der Waals surface area contributed by atoms with Crippen LogP contribution < -0.4 is 24.8 Å². The predicted molar refractivity (Wildman–Crippen MR) is 119 cm³/mol. The minimum Gasteiger partial charge on any atom is -0.507 e. The summed E-state index contributed by atoms with van der Waals surface area (Å²) in [5.41, 5.74) is 1.56. The first-order chi connectivity index (χ1) is 14.9. The number of hydrogen-bond donors (Lipinski definition) is 3. The zero-order valence-electron chi connectivity index (χ0n) is 17.3. The highest BCUT2D eigenvalue weighted by Crippen LogP contribution is 2.36. The van der Waals surface area contributed by atoms with E-state index in [1.807, 2.05) is 13.0 Å². The van der Waals surface area contributed by atoms with Gasteiger partial charge in [0.15, 0.2) is 11.5 Å². The summed E-state index contributed by atoms with van der Waals surface area (Å²) >= 11 is 3.35. The zero-order chi connectivity index (χ0) is 22.5. The van der Waals surface area contributed by atoms with Crippen molar-refractivity contribution in [3.8, 4) is 28.9 Å². The van der Waals surface area contributed by atoms with Gasteiger partial charge in [0, 0.05) is 18.8 Å². The quantitative estimate of drug-likeness (QED) is 0.453. The highest BCUT2D eigenvalue weighted by molar-refractivity contribution is 9.10. The normalized spacial score (nSPS) is 10.4. The first-order valence-corrected chi connectivity index (χ1v) is 9.91. The molecule has 0 bridgehead atoms. The molecule has 162 valence electrons. The fourth-order valence-corrected chi connectivity index (χ4v) is 3.17. The van der Waals surface area contributed by atoms with Crippen LogP contribution in [0.2, 0.25) is 0 Å². The van der Waals surface area contributed by atoms with Gasteiger partial charge in [-0.15, -0.1) is 0 Å². The molecule has 9 nitrogen and oxygen atoms in total. The number of aromatic hydroxyl groups is 1. The second-order valence-corrected chi connectivity index (χ2v) is 7.19. The molecule has 0 saturated carbocycles. The van der Waals surface area contributed by atoms with Crippen LogP contribution in [0.1, 0.15) is 15.9 Å². The maximum Gasteiger partial charge on any atom is 0.258 e. The van der Waals surface area contributed by atoms with Gasteiger partial charge in [-0.25, -0.2) is 4.98 Å². The summed E-state index contributed by atoms with van der Waals surface area (Å²) in [5.74, 6) is 1.06. The number of rotatable bonds is 7. The van der Waals surface area contributed by atoms with Crippen LogP contribution in [0.25, 0.3) is 0 Å². The number of phenolic OH excluding ortho intramolecular Hbond substituents is 1. The summed E-state index contributed by atoms with van der Waals surface area (Å²) in [6.07, 6.45) is 1.51. The summed E-state index contributed by atoms with van der Waals surface area (Å²) in [4.78, 5) is 20.8. The van der Waals surface area contributed by atoms with Crippen molar-refractivity contribution in [1.29, 1.82) is 0 Å². The Hall–Kier alpha value is -3.53. The number of aromatic nitrogens is 2. The van der Waals surface area contributed by atoms with Crippen molar-refractivity contribution in [2.24, 2.45) is 0 Å². The number of phenols is 1. The summed E-state index contributed by atoms with van der Waals surface area (Å²) in [6, 6.07) is 8.16. The van der Waals surface area contributed by atoms with E-state index in [1.165, 1.54) is 19.3 Å². The minimum absolute atomic E-state index is 0.000497. The van der Waals surface area contributed by atoms with Gasteiger partial charge in [-0.3, -0.25) is 4.79 Å². The van der Waals surface area contributed by atoms with Crippen molar-refractivity contribution < 1.29 is 24.1 Å². The standard InChI is InChI=1S/C21H21BrN4O5/c1-11-8-12(9-16(29-3)18(11)30-4)25-21-24-10-13(22)20(26-21)31-15-7-5-6-14(27)17(15)19(28)23-2/h5-10,27H,1-4H3,(H,23,28)(H,24,25,26). The van der Waals surface area contributed by atoms with Crippen molar-refractivity contribution in [3.63, 3.8) is 0 Å². The minimum atomic E-state index is -0.488. The molecular weight excluding hydrogens is 468 g/mol. The topological polar surface area (TPSA) is 115 Å². The Kier molecular flexibility index (Phi) is 6.81. The van der Waals surface area contributed by atoms with Gasteiger partial charge >= 0.3 is 0 Å². The van der Waals surface area contributed by atoms with Crippen LogP contribution in [-0.4, -0.2) is 42.2 Å². The van der Waals surface area contributed by atoms with Gasteiger partial charge in [0.2, 0.25) is 11.8 Å². The molecule has 3 aromatic rings. The molecule has 0 fully saturated rings. The van der Waals surface area contributed by atoms with Crippen molar-refractivity contribution in [1.82, 2.24) is 15.3 Å². The van der Waals surface area contributed by atoms with E-state index in [9.17, 15) is 9.90 Å². The summed E-state index contributed by atoms with van der Waals surface area (Å²) in [6.45, 7) is 1.89. The lowest BCUT2D eigenvalue weighted by Crippen LogP contribution is -2.18. The molecule has 1 amide bonds. The molecular formula is C21H21BrN4O5. The molecule has 0 aliphatic rings. The number of halogens is 1. The van der Waals surface area contributed by atoms with Gasteiger partial charge in [-0.05, 0) is 46.6 Å². The number of nitrogens with zero attached hydrogens (tertiary/aromatic N) is 2. The number of carbonyl (C=O) groups excluding carboxylic acids is 1. The maximum atomic E-state index is 12.2. The molecule has 3 rings (SSSR count). The fourth-order valence-electron chi connectivity index (χ4n) is 2.90. The van der Waals surface area contributed by atoms with E-state index >= 15 is 0 Å². The first-order valence-electron chi connectivity index (χ1n) is 9.12. The Morgan fingerprint density at radius 1 is 1.16 bits per heavy atom. The monoisotopic (exact) mass is 488 g/mol. The molecule has 0 unspecified atom stereocenters. The molecule has 0 aliphatic carbocycles. The lowest BCUT2D eigenvalue weighted by atomic mass is 10.1. The Labute approximate surface area is 187 Å². The van der Waals surface area contributed by atoms with Crippen LogP contribution in [0.5, 0.6) is 28.9 Å². The second-order valence-electron chi connectivity index (χ2n) is 6.33. The number of nitrogens with one attached hydrogen (secondary N) is 2. The molecule has 0 aliphatic heterocycles. The van der Waals surface area contributed by atoms with Crippen molar-refractivity contribution in [2.45, 2.75) is 6.92 Å². The number of anilines is 2. The van der Waals surface area contributed by atoms with Crippen LogP contribution in [0.15, 0.2) is 41.0 Å². The lowest BCUT2D eigenvalue weighted by molar-refractivity contribution is 0.0958. The largest absolute Gasteiger partial charge is 0.507 e. The second kappa shape index (κ2) is 9.52. The maximum absolute atomic E-state index is 12.2. The molecule has 1 aromatic heterocycles. The van der Waals surface area contributed by atoms with E-state index in [0.717, 1.165) is 5.56 Å². The van der Waals surface area contributed by atoms with E-state index in [2.05, 4.69) is 36.5 Å². The van der Waals surface area contributed by atoms with E-state index in [0.29, 0.717) is 21.7 Å². The number of benzene rings is 2. The van der Waals surface area contributed by atoms with E-state index in [1.54, 1.807) is 32.4 Å². The molecule has 0 atom stereocenters. The molecule has 0 spiro atoms. The molecule has 0 radical (unpaired) electrons. The van der Waals surface area contributed by atoms with Crippen LogP contribution in [0.4, 0.5) is 11.6 Å². The SMILES string of the molecule is CNC(=O)c1c(O)cccc1Oc1nc(Nc2cc(C)c(OC)c(OC)c2)ncc1Br. The smallest absolute Gasteiger partial charge is 0.258 e. The van der Waals surface area contributed by atoms with Gasteiger partial charge in [-0.2, -0.15) is 4.98 Å². The summed E-state index contributed by atoms with van der Waals surface area (Å²) < 4.78 is 17.0. The Morgan fingerprint density at radius 3 is 2.61 bits per heavy atom. The first kappa shape index (κ1) is 22.2. The molecule has 31 heavy (non-hydrogen) atoms. The lowest BCUT2D eigenvalue weighted by Gasteiger charge is -2.15. The van der Waals surface area contributed by atoms with E-state index < -0.39 is 5.91 Å². The third kappa shape index (κ3) is 4.80. The summed E-state index contributed by atoms with van der Waals surface area (Å²) in [5, 5.41) is 15.7. The average molecular weight is 489 g/mol. The average Bonchev–Trinajstić information content (AvgIpc) is 2.75. The van der Waals surface area contributed by atoms with Crippen LogP contribution >= 0.6 is 15.9 Å². The Balaban J connectivity index is 1.93. The number of ether oxygens (including phenoxy) is 3. The fraction of sp³-hybridized carbons (Fsp3) is 0.190. The number of hydrogen-bond acceptors (Lipinski definition) is 8. The number of carbonyl (C=O) groups is 1. The van der Waals surface area contributed by atoms with E-state index in [4.69, 9.17) is 14.2 Å². The molecule has 3 N–H and O–H groups in total. The van der Waals surface area contributed by atoms with Crippen molar-refractivity contribution in [2.75, 3.05) is 26.6 Å². The highest BCUT2D eigenvalue weighted by Gasteiger charge is 2.19. The summed E-state index contributed by atoms with van der Waals surface area (Å²) in [7, 11) is 4.60. The number of aryl methyl sites for hydroxylation is 1. The van der Waals surface area contributed by atoms with Crippen molar-refractivity contribution in [3.05, 3.63) is 52.1 Å². The Morgan fingerprint density at radius 2 is 1.94 bits per heavy atom. The molecule has 0 saturated heterocycles. The third-order valence-corrected chi connectivity index (χ3v) is 4.84. The van der Waals surface area contributed by atoms with Crippen LogP contribution in [0.3, 0.4) is 0 Å². The molecule has 2 aromatic carbocycles. The molecule has 10 heteroatoms. The Bertz CT molecular complexity index is 1120. The van der Waals surface area contributed by atoms with Crippen LogP contribution in [0, 0.1) is 6.92 Å². The van der Waals surface area contributed by atoms with Gasteiger partial charge in [0.05, 0.1) is 24.9 Å². The van der Waals surface area contributed by atoms with Gasteiger partial charge in [0.1, 0.15) is 17.1 Å². The van der Waals surface area contributed by atoms with Gasteiger partial charge in [0.25, 0.3) is 5.91 Å². The van der Waals surface area contributed by atoms with E-state index in [-0.39, 0.29) is 28.9 Å². The third-order valence-electron chi connectivity index (χ3n) is 4.30. The van der Waals surface area contributed by atoms with Crippen LogP contribution in [-0.2, 0) is 0 Å². The van der Waals surface area contributed by atoms with Gasteiger partial charge in [-0.1, -0.05) is 6.07 Å². The number of methoxy groups -OCH3 is 2. The number of amides is 1. The van der Waals surface area contributed by atoms with Gasteiger partial charge < -0.3 is 30.0 Å². The van der Waals surface area contributed by atoms with Crippen molar-refractivity contribution >= 4 is 33.5 Å². The molecule has 1 heterocycles. The predicted octanol–water partition coefficient (Wildman–Crippen LogP) is 4.17. The zero-order valence-corrected chi connectivity index (χ0v) is 18.9. The highest BCUT2D eigenvalue weighted by atomic mass is 79.9.